The number of hydrogen-bond acceptors (Lipinski definition) is 5. The molecule has 0 radical (unpaired) electrons. The number of ether oxygens (including phenoxy) is 1. The highest BCUT2D eigenvalue weighted by atomic mass is 16.5. The van der Waals surface area contributed by atoms with Gasteiger partial charge in [0.2, 0.25) is 5.88 Å². The van der Waals surface area contributed by atoms with Crippen molar-refractivity contribution in [1.82, 2.24) is 15.0 Å². The number of carbonyl (C=O) groups excluding carboxylic acids is 1. The lowest BCUT2D eigenvalue weighted by atomic mass is 10.2. The lowest BCUT2D eigenvalue weighted by Gasteiger charge is -2.06. The van der Waals surface area contributed by atoms with E-state index >= 15 is 0 Å². The zero-order valence-corrected chi connectivity index (χ0v) is 12.4. The Morgan fingerprint density at radius 2 is 1.70 bits per heavy atom. The summed E-state index contributed by atoms with van der Waals surface area (Å²) in [5, 5.41) is 2.73. The van der Waals surface area contributed by atoms with E-state index in [0.29, 0.717) is 23.0 Å². The summed E-state index contributed by atoms with van der Waals surface area (Å²) in [6, 6.07) is 12.9. The van der Waals surface area contributed by atoms with E-state index in [9.17, 15) is 4.79 Å². The van der Waals surface area contributed by atoms with Crippen molar-refractivity contribution in [2.75, 3.05) is 12.4 Å². The lowest BCUT2D eigenvalue weighted by Crippen LogP contribution is -2.12. The third kappa shape index (κ3) is 3.49. The molecule has 1 N–H and O–H groups in total. The molecule has 114 valence electrons. The van der Waals surface area contributed by atoms with E-state index in [-0.39, 0.29) is 5.91 Å². The van der Waals surface area contributed by atoms with Gasteiger partial charge >= 0.3 is 0 Å². The molecule has 3 aromatic rings. The topological polar surface area (TPSA) is 77.0 Å². The summed E-state index contributed by atoms with van der Waals surface area (Å²) >= 11 is 0. The molecule has 0 aliphatic heterocycles. The van der Waals surface area contributed by atoms with Crippen molar-refractivity contribution in [2.45, 2.75) is 0 Å². The van der Waals surface area contributed by atoms with E-state index in [1.165, 1.54) is 13.3 Å². The molecule has 6 nitrogen and oxygen atoms in total. The van der Waals surface area contributed by atoms with Crippen LogP contribution in [0.15, 0.2) is 61.1 Å². The highest BCUT2D eigenvalue weighted by molar-refractivity contribution is 6.03. The van der Waals surface area contributed by atoms with E-state index < -0.39 is 0 Å². The number of nitrogens with zero attached hydrogens (tertiary/aromatic N) is 3. The molecule has 0 atom stereocenters. The van der Waals surface area contributed by atoms with Crippen molar-refractivity contribution < 1.29 is 9.53 Å². The summed E-state index contributed by atoms with van der Waals surface area (Å²) in [6.07, 6.45) is 4.60. The van der Waals surface area contributed by atoms with Crippen LogP contribution >= 0.6 is 0 Å². The Balaban J connectivity index is 1.71. The molecule has 0 aliphatic rings. The molecule has 0 saturated carbocycles. The zero-order chi connectivity index (χ0) is 16.1. The first-order valence-corrected chi connectivity index (χ1v) is 6.95. The van der Waals surface area contributed by atoms with Crippen molar-refractivity contribution in [1.29, 1.82) is 0 Å². The first kappa shape index (κ1) is 14.6. The molecule has 0 saturated heterocycles. The number of amides is 1. The van der Waals surface area contributed by atoms with Gasteiger partial charge in [-0.25, -0.2) is 15.0 Å². The van der Waals surface area contributed by atoms with E-state index in [2.05, 4.69) is 20.3 Å². The summed E-state index contributed by atoms with van der Waals surface area (Å²) in [7, 11) is 1.52. The summed E-state index contributed by atoms with van der Waals surface area (Å²) in [5.41, 5.74) is 1.87. The predicted octanol–water partition coefficient (Wildman–Crippen LogP) is 2.80. The van der Waals surface area contributed by atoms with Crippen LogP contribution in [0, 0.1) is 0 Å². The molecule has 0 fully saturated rings. The van der Waals surface area contributed by atoms with Crippen LogP contribution in [0.1, 0.15) is 10.4 Å². The van der Waals surface area contributed by atoms with Crippen LogP contribution in [0.3, 0.4) is 0 Å². The number of methoxy groups -OCH3 is 1. The molecule has 3 rings (SSSR count). The Labute approximate surface area is 133 Å². The number of nitrogens with one attached hydrogen (secondary N) is 1. The second-order valence-electron chi connectivity index (χ2n) is 4.70. The molecule has 0 aliphatic carbocycles. The minimum atomic E-state index is -0.281. The van der Waals surface area contributed by atoms with Crippen LogP contribution in [0.2, 0.25) is 0 Å². The minimum Gasteiger partial charge on any atom is -0.481 e. The maximum atomic E-state index is 12.1. The summed E-state index contributed by atoms with van der Waals surface area (Å²) < 4.78 is 4.96. The Morgan fingerprint density at radius 1 is 0.957 bits per heavy atom. The van der Waals surface area contributed by atoms with E-state index in [1.807, 2.05) is 30.3 Å². The SMILES string of the molecule is COc1ccc(C(=O)Nc2cnc(-c3ccccc3)nc2)cn1. The van der Waals surface area contributed by atoms with E-state index in [4.69, 9.17) is 4.74 Å². The van der Waals surface area contributed by atoms with Gasteiger partial charge in [-0.1, -0.05) is 30.3 Å². The molecule has 1 amide bonds. The lowest BCUT2D eigenvalue weighted by molar-refractivity contribution is 0.102. The van der Waals surface area contributed by atoms with Crippen LogP contribution < -0.4 is 10.1 Å². The molecule has 1 aromatic carbocycles. The minimum absolute atomic E-state index is 0.281. The molecule has 0 unspecified atom stereocenters. The van der Waals surface area contributed by atoms with Crippen LogP contribution in [0.4, 0.5) is 5.69 Å². The zero-order valence-electron chi connectivity index (χ0n) is 12.4. The monoisotopic (exact) mass is 306 g/mol. The van der Waals surface area contributed by atoms with Gasteiger partial charge in [0.15, 0.2) is 5.82 Å². The molecular formula is C17H14N4O2. The first-order valence-electron chi connectivity index (χ1n) is 6.95. The Kier molecular flexibility index (Phi) is 4.24. The molecule has 2 aromatic heterocycles. The summed E-state index contributed by atoms with van der Waals surface area (Å²) in [4.78, 5) is 24.6. The second-order valence-corrected chi connectivity index (χ2v) is 4.70. The molecule has 6 heteroatoms. The Morgan fingerprint density at radius 3 is 2.30 bits per heavy atom. The fourth-order valence-corrected chi connectivity index (χ4v) is 1.97. The van der Waals surface area contributed by atoms with E-state index in [0.717, 1.165) is 5.56 Å². The van der Waals surface area contributed by atoms with Gasteiger partial charge in [-0.15, -0.1) is 0 Å². The highest BCUT2D eigenvalue weighted by Crippen LogP contribution is 2.15. The predicted molar refractivity (Wildman–Crippen MR) is 86.2 cm³/mol. The molecule has 0 spiro atoms. The summed E-state index contributed by atoms with van der Waals surface area (Å²) in [6.45, 7) is 0. The van der Waals surface area contributed by atoms with Gasteiger partial charge in [0.25, 0.3) is 5.91 Å². The average molecular weight is 306 g/mol. The van der Waals surface area contributed by atoms with Crippen LogP contribution in [0.25, 0.3) is 11.4 Å². The fraction of sp³-hybridized carbons (Fsp3) is 0.0588. The smallest absolute Gasteiger partial charge is 0.257 e. The Hall–Kier alpha value is -3.28. The largest absolute Gasteiger partial charge is 0.481 e. The van der Waals surface area contributed by atoms with Crippen molar-refractivity contribution in [3.8, 4) is 17.3 Å². The molecule has 0 bridgehead atoms. The molecule has 23 heavy (non-hydrogen) atoms. The number of anilines is 1. The van der Waals surface area contributed by atoms with Gasteiger partial charge in [0.1, 0.15) is 0 Å². The average Bonchev–Trinajstić information content (AvgIpc) is 2.63. The van der Waals surface area contributed by atoms with Crippen LogP contribution in [-0.2, 0) is 0 Å². The third-order valence-corrected chi connectivity index (χ3v) is 3.15. The molecule has 2 heterocycles. The number of rotatable bonds is 4. The quantitative estimate of drug-likeness (QED) is 0.802. The fourth-order valence-electron chi connectivity index (χ4n) is 1.97. The van der Waals surface area contributed by atoms with Gasteiger partial charge < -0.3 is 10.1 Å². The first-order chi connectivity index (χ1) is 11.3. The van der Waals surface area contributed by atoms with Gasteiger partial charge in [-0.05, 0) is 6.07 Å². The van der Waals surface area contributed by atoms with Gasteiger partial charge in [0, 0.05) is 17.8 Å². The maximum Gasteiger partial charge on any atom is 0.257 e. The summed E-state index contributed by atoms with van der Waals surface area (Å²) in [5.74, 6) is 0.781. The number of benzene rings is 1. The van der Waals surface area contributed by atoms with E-state index in [1.54, 1.807) is 24.5 Å². The second kappa shape index (κ2) is 6.65. The van der Waals surface area contributed by atoms with Crippen molar-refractivity contribution in [2.24, 2.45) is 0 Å². The van der Waals surface area contributed by atoms with Crippen molar-refractivity contribution in [3.63, 3.8) is 0 Å². The van der Waals surface area contributed by atoms with Crippen molar-refractivity contribution in [3.05, 3.63) is 66.6 Å². The number of aromatic nitrogens is 3. The van der Waals surface area contributed by atoms with Gasteiger partial charge in [0.05, 0.1) is 30.8 Å². The normalized spacial score (nSPS) is 10.1. The van der Waals surface area contributed by atoms with Crippen LogP contribution in [-0.4, -0.2) is 28.0 Å². The van der Waals surface area contributed by atoms with Crippen LogP contribution in [0.5, 0.6) is 5.88 Å². The standard InChI is InChI=1S/C17H14N4O2/c1-23-15-8-7-13(9-18-15)17(22)21-14-10-19-16(20-11-14)12-5-3-2-4-6-12/h2-11H,1H3,(H,21,22). The molecular weight excluding hydrogens is 292 g/mol. The highest BCUT2D eigenvalue weighted by Gasteiger charge is 2.08. The number of hydrogen-bond donors (Lipinski definition) is 1. The maximum absolute atomic E-state index is 12.1. The van der Waals surface area contributed by atoms with Gasteiger partial charge in [-0.2, -0.15) is 0 Å². The number of carbonyl (C=O) groups is 1. The van der Waals surface area contributed by atoms with Crippen molar-refractivity contribution >= 4 is 11.6 Å². The van der Waals surface area contributed by atoms with Gasteiger partial charge in [-0.3, -0.25) is 4.79 Å². The Bertz CT molecular complexity index is 787. The number of pyridine rings is 1. The third-order valence-electron chi connectivity index (χ3n) is 3.15.